The van der Waals surface area contributed by atoms with Gasteiger partial charge in [0.05, 0.1) is 0 Å². The summed E-state index contributed by atoms with van der Waals surface area (Å²) in [6.45, 7) is 7.90. The van der Waals surface area contributed by atoms with Crippen molar-refractivity contribution in [2.45, 2.75) is 52.6 Å². The first-order valence-electron chi connectivity index (χ1n) is 7.51. The first-order valence-corrected chi connectivity index (χ1v) is 7.51. The summed E-state index contributed by atoms with van der Waals surface area (Å²) < 4.78 is 5.87. The van der Waals surface area contributed by atoms with E-state index >= 15 is 0 Å². The predicted molar refractivity (Wildman–Crippen MR) is 77.3 cm³/mol. The van der Waals surface area contributed by atoms with E-state index < -0.39 is 0 Å². The van der Waals surface area contributed by atoms with Gasteiger partial charge in [-0.15, -0.1) is 0 Å². The van der Waals surface area contributed by atoms with Gasteiger partial charge in [0.25, 0.3) is 0 Å². The second-order valence-electron chi connectivity index (χ2n) is 5.10. The van der Waals surface area contributed by atoms with E-state index in [-0.39, 0.29) is 6.10 Å². The summed E-state index contributed by atoms with van der Waals surface area (Å²) >= 11 is 0. The summed E-state index contributed by atoms with van der Waals surface area (Å²) in [4.78, 5) is 9.35. The van der Waals surface area contributed by atoms with Gasteiger partial charge in [0.1, 0.15) is 11.9 Å². The Morgan fingerprint density at radius 3 is 2.68 bits per heavy atom. The fourth-order valence-electron chi connectivity index (χ4n) is 2.30. The molecule has 4 heteroatoms. The molecule has 1 saturated carbocycles. The number of hydrogen-bond donors (Lipinski definition) is 1. The Hall–Kier alpha value is -1.16. The molecule has 1 unspecified atom stereocenters. The molecule has 0 amide bonds. The van der Waals surface area contributed by atoms with Crippen molar-refractivity contribution in [3.63, 3.8) is 0 Å². The first-order chi connectivity index (χ1) is 9.28. The maximum absolute atomic E-state index is 5.87. The van der Waals surface area contributed by atoms with Gasteiger partial charge in [0, 0.05) is 24.9 Å². The summed E-state index contributed by atoms with van der Waals surface area (Å²) in [6, 6.07) is 2.06. The Bertz CT molecular complexity index is 380. The number of aromatic nitrogens is 2. The Morgan fingerprint density at radius 1 is 1.32 bits per heavy atom. The fourth-order valence-corrected chi connectivity index (χ4v) is 2.30. The first kappa shape index (κ1) is 14.3. The van der Waals surface area contributed by atoms with Crippen molar-refractivity contribution >= 4 is 5.82 Å². The molecule has 0 radical (unpaired) electrons. The highest BCUT2D eigenvalue weighted by atomic mass is 16.5. The number of nitrogens with zero attached hydrogens (tertiary/aromatic N) is 2. The zero-order valence-electron chi connectivity index (χ0n) is 12.3. The molecular formula is C15H25N3O. The summed E-state index contributed by atoms with van der Waals surface area (Å²) in [5.74, 6) is 2.42. The van der Waals surface area contributed by atoms with Gasteiger partial charge >= 0.3 is 0 Å². The van der Waals surface area contributed by atoms with E-state index in [2.05, 4.69) is 30.2 Å². The van der Waals surface area contributed by atoms with Gasteiger partial charge in [-0.25, -0.2) is 9.97 Å². The van der Waals surface area contributed by atoms with Crippen LogP contribution >= 0.6 is 0 Å². The Morgan fingerprint density at radius 2 is 2.11 bits per heavy atom. The van der Waals surface area contributed by atoms with Crippen molar-refractivity contribution in [3.05, 3.63) is 17.6 Å². The number of aryl methyl sites for hydroxylation is 1. The van der Waals surface area contributed by atoms with E-state index in [0.29, 0.717) is 5.92 Å². The topological polar surface area (TPSA) is 47.0 Å². The van der Waals surface area contributed by atoms with Crippen LogP contribution in [-0.2, 0) is 11.2 Å². The molecule has 0 bridgehead atoms. The van der Waals surface area contributed by atoms with Gasteiger partial charge in [-0.05, 0) is 39.0 Å². The van der Waals surface area contributed by atoms with Crippen molar-refractivity contribution in [2.75, 3.05) is 18.5 Å². The van der Waals surface area contributed by atoms with Gasteiger partial charge < -0.3 is 10.1 Å². The SMILES string of the molecule is CCCc1cc(NCC)nc(C(OCC)C2CC2)n1. The lowest BCUT2D eigenvalue weighted by Gasteiger charge is -2.17. The molecule has 19 heavy (non-hydrogen) atoms. The summed E-state index contributed by atoms with van der Waals surface area (Å²) in [6.07, 6.45) is 4.66. The van der Waals surface area contributed by atoms with Crippen LogP contribution in [0.15, 0.2) is 6.07 Å². The van der Waals surface area contributed by atoms with Crippen molar-refractivity contribution < 1.29 is 4.74 Å². The number of hydrogen-bond acceptors (Lipinski definition) is 4. The van der Waals surface area contributed by atoms with Crippen LogP contribution in [0.3, 0.4) is 0 Å². The van der Waals surface area contributed by atoms with Gasteiger partial charge in [0.15, 0.2) is 5.82 Å². The highest BCUT2D eigenvalue weighted by Crippen LogP contribution is 2.42. The predicted octanol–water partition coefficient (Wildman–Crippen LogP) is 3.35. The van der Waals surface area contributed by atoms with Crippen molar-refractivity contribution in [1.82, 2.24) is 9.97 Å². The van der Waals surface area contributed by atoms with Crippen LogP contribution in [0.25, 0.3) is 0 Å². The maximum Gasteiger partial charge on any atom is 0.160 e. The molecule has 1 aromatic heterocycles. The van der Waals surface area contributed by atoms with Crippen LogP contribution in [0.1, 0.15) is 57.7 Å². The number of nitrogens with one attached hydrogen (secondary N) is 1. The van der Waals surface area contributed by atoms with Crippen LogP contribution in [-0.4, -0.2) is 23.1 Å². The zero-order chi connectivity index (χ0) is 13.7. The highest BCUT2D eigenvalue weighted by molar-refractivity contribution is 5.36. The summed E-state index contributed by atoms with van der Waals surface area (Å²) in [5, 5.41) is 3.30. The Balaban J connectivity index is 2.24. The minimum Gasteiger partial charge on any atom is -0.370 e. The lowest BCUT2D eigenvalue weighted by Crippen LogP contribution is -2.14. The standard InChI is InChI=1S/C15H25N3O/c1-4-7-12-10-13(16-5-2)18-15(17-12)14(19-6-3)11-8-9-11/h10-11,14H,4-9H2,1-3H3,(H,16,17,18). The summed E-state index contributed by atoms with van der Waals surface area (Å²) in [5.41, 5.74) is 1.12. The number of anilines is 1. The average Bonchev–Trinajstić information content (AvgIpc) is 3.21. The van der Waals surface area contributed by atoms with Gasteiger partial charge in [-0.3, -0.25) is 0 Å². The van der Waals surface area contributed by atoms with Crippen LogP contribution < -0.4 is 5.32 Å². The largest absolute Gasteiger partial charge is 0.370 e. The number of ether oxygens (including phenoxy) is 1. The molecule has 1 aliphatic rings. The quantitative estimate of drug-likeness (QED) is 0.781. The van der Waals surface area contributed by atoms with E-state index in [1.54, 1.807) is 0 Å². The maximum atomic E-state index is 5.87. The van der Waals surface area contributed by atoms with Gasteiger partial charge in [-0.2, -0.15) is 0 Å². The minimum atomic E-state index is 0.0826. The fraction of sp³-hybridized carbons (Fsp3) is 0.733. The smallest absolute Gasteiger partial charge is 0.160 e. The molecule has 0 aromatic carbocycles. The molecule has 1 aliphatic carbocycles. The van der Waals surface area contributed by atoms with E-state index in [1.807, 2.05) is 6.92 Å². The van der Waals surface area contributed by atoms with Crippen LogP contribution in [0, 0.1) is 5.92 Å². The molecule has 0 spiro atoms. The molecule has 2 rings (SSSR count). The normalized spacial score (nSPS) is 16.4. The molecule has 0 saturated heterocycles. The monoisotopic (exact) mass is 263 g/mol. The van der Waals surface area contributed by atoms with E-state index in [4.69, 9.17) is 9.72 Å². The third kappa shape index (κ3) is 3.90. The van der Waals surface area contributed by atoms with E-state index in [9.17, 15) is 0 Å². The Kier molecular flexibility index (Phi) is 5.14. The average molecular weight is 263 g/mol. The number of rotatable bonds is 8. The second kappa shape index (κ2) is 6.85. The molecule has 106 valence electrons. The minimum absolute atomic E-state index is 0.0826. The molecule has 4 nitrogen and oxygen atoms in total. The van der Waals surface area contributed by atoms with Crippen molar-refractivity contribution in [3.8, 4) is 0 Å². The highest BCUT2D eigenvalue weighted by Gasteiger charge is 2.35. The lowest BCUT2D eigenvalue weighted by molar-refractivity contribution is 0.0400. The molecule has 0 aliphatic heterocycles. The van der Waals surface area contributed by atoms with Gasteiger partial charge in [0.2, 0.25) is 0 Å². The molecular weight excluding hydrogens is 238 g/mol. The third-order valence-electron chi connectivity index (χ3n) is 3.31. The van der Waals surface area contributed by atoms with E-state index in [1.165, 1.54) is 12.8 Å². The molecule has 1 aromatic rings. The summed E-state index contributed by atoms with van der Waals surface area (Å²) in [7, 11) is 0. The lowest BCUT2D eigenvalue weighted by atomic mass is 10.2. The zero-order valence-corrected chi connectivity index (χ0v) is 12.3. The van der Waals surface area contributed by atoms with Gasteiger partial charge in [-0.1, -0.05) is 13.3 Å². The second-order valence-corrected chi connectivity index (χ2v) is 5.10. The molecule has 1 atom stereocenters. The van der Waals surface area contributed by atoms with Crippen LogP contribution in [0.4, 0.5) is 5.82 Å². The molecule has 1 fully saturated rings. The molecule has 1 N–H and O–H groups in total. The van der Waals surface area contributed by atoms with Crippen LogP contribution in [0.5, 0.6) is 0 Å². The van der Waals surface area contributed by atoms with Crippen LogP contribution in [0.2, 0.25) is 0 Å². The molecule has 1 heterocycles. The van der Waals surface area contributed by atoms with Crippen molar-refractivity contribution in [1.29, 1.82) is 0 Å². The van der Waals surface area contributed by atoms with Crippen molar-refractivity contribution in [2.24, 2.45) is 5.92 Å². The third-order valence-corrected chi connectivity index (χ3v) is 3.31. The Labute approximate surface area is 116 Å². The van der Waals surface area contributed by atoms with E-state index in [0.717, 1.165) is 43.3 Å².